The Morgan fingerprint density at radius 2 is 1.59 bits per heavy atom. The van der Waals surface area contributed by atoms with E-state index in [2.05, 4.69) is 64.7 Å². The number of hydrogen-bond donors (Lipinski definition) is 2. The van der Waals surface area contributed by atoms with Gasteiger partial charge >= 0.3 is 5.97 Å². The number of nitrogens with one attached hydrogen (secondary N) is 1. The molecule has 0 saturated heterocycles. The number of carboxylic acid groups (broad SMARTS) is 1. The minimum Gasteiger partial charge on any atom is -0.478 e. The Labute approximate surface area is 223 Å². The molecule has 1 aliphatic carbocycles. The van der Waals surface area contributed by atoms with Gasteiger partial charge in [-0.05, 0) is 98.0 Å². The average molecular weight is 496 g/mol. The Morgan fingerprint density at radius 1 is 0.946 bits per heavy atom. The summed E-state index contributed by atoms with van der Waals surface area (Å²) in [5.74, 6) is -0.889. The van der Waals surface area contributed by atoms with Crippen LogP contribution in [0, 0.1) is 6.92 Å². The van der Waals surface area contributed by atoms with Crippen LogP contribution in [-0.2, 0) is 6.42 Å². The second-order valence-corrected chi connectivity index (χ2v) is 10.2. The molecule has 0 spiro atoms. The van der Waals surface area contributed by atoms with Crippen LogP contribution in [0.25, 0.3) is 22.4 Å². The van der Waals surface area contributed by atoms with Crippen molar-refractivity contribution in [1.29, 1.82) is 0 Å². The fourth-order valence-electron chi connectivity index (χ4n) is 4.72. The van der Waals surface area contributed by atoms with Crippen LogP contribution in [0.5, 0.6) is 0 Å². The molecule has 0 radical (unpaired) electrons. The maximum absolute atomic E-state index is 11.1. The highest BCUT2D eigenvalue weighted by Crippen LogP contribution is 2.27. The molecule has 0 heterocycles. The van der Waals surface area contributed by atoms with Gasteiger partial charge in [-0.3, -0.25) is 0 Å². The van der Waals surface area contributed by atoms with Gasteiger partial charge in [-0.1, -0.05) is 86.5 Å². The van der Waals surface area contributed by atoms with Gasteiger partial charge in [-0.15, -0.1) is 0 Å². The van der Waals surface area contributed by atoms with Gasteiger partial charge in [0.15, 0.2) is 0 Å². The Kier molecular flexibility index (Phi) is 9.91. The number of carbonyl (C=O) groups is 1. The van der Waals surface area contributed by atoms with E-state index in [0.29, 0.717) is 11.6 Å². The largest absolute Gasteiger partial charge is 0.478 e. The fraction of sp³-hybridized carbons (Fsp3) is 0.324. The molecule has 1 aliphatic rings. The van der Waals surface area contributed by atoms with E-state index in [0.717, 1.165) is 23.2 Å². The van der Waals surface area contributed by atoms with Crippen molar-refractivity contribution < 1.29 is 9.90 Å². The molecule has 3 heteroatoms. The van der Waals surface area contributed by atoms with Crippen LogP contribution in [-0.4, -0.2) is 17.1 Å². The summed E-state index contributed by atoms with van der Waals surface area (Å²) < 4.78 is 0. The molecule has 0 aliphatic heterocycles. The highest BCUT2D eigenvalue weighted by molar-refractivity contribution is 5.96. The van der Waals surface area contributed by atoms with Gasteiger partial charge in [-0.2, -0.15) is 0 Å². The fourth-order valence-corrected chi connectivity index (χ4v) is 4.72. The van der Waals surface area contributed by atoms with Gasteiger partial charge in [0.25, 0.3) is 0 Å². The van der Waals surface area contributed by atoms with E-state index in [1.165, 1.54) is 59.1 Å². The molecule has 4 rings (SSSR count). The van der Waals surface area contributed by atoms with Gasteiger partial charge in [0.1, 0.15) is 0 Å². The summed E-state index contributed by atoms with van der Waals surface area (Å²) in [7, 11) is 0. The van der Waals surface area contributed by atoms with Crippen molar-refractivity contribution in [3.05, 3.63) is 107 Å². The third-order valence-electron chi connectivity index (χ3n) is 7.30. The number of allylic oxidation sites excluding steroid dienone is 2. The van der Waals surface area contributed by atoms with E-state index in [-0.39, 0.29) is 0 Å². The van der Waals surface area contributed by atoms with Gasteiger partial charge in [0.05, 0.1) is 5.56 Å². The van der Waals surface area contributed by atoms with Gasteiger partial charge in [-0.25, -0.2) is 4.79 Å². The van der Waals surface area contributed by atoms with Crippen LogP contribution in [0.4, 0.5) is 0 Å². The van der Waals surface area contributed by atoms with Crippen molar-refractivity contribution in [2.75, 3.05) is 0 Å². The third kappa shape index (κ3) is 7.45. The summed E-state index contributed by atoms with van der Waals surface area (Å²) in [6.07, 6.45) is 6.25. The molecule has 1 saturated carbocycles. The van der Waals surface area contributed by atoms with Crippen molar-refractivity contribution in [3.8, 4) is 11.1 Å². The molecule has 1 fully saturated rings. The maximum atomic E-state index is 11.1. The lowest BCUT2D eigenvalue weighted by atomic mass is 9.95. The Morgan fingerprint density at radius 3 is 2.19 bits per heavy atom. The summed E-state index contributed by atoms with van der Waals surface area (Å²) >= 11 is 0. The number of rotatable bonds is 7. The van der Waals surface area contributed by atoms with E-state index in [1.807, 2.05) is 36.4 Å². The number of aryl methyl sites for hydroxylation is 2. The van der Waals surface area contributed by atoms with E-state index in [4.69, 9.17) is 5.11 Å². The third-order valence-corrected chi connectivity index (χ3v) is 7.30. The standard InChI is InChI=1S/C19H27N.C15H14O2/c1-13(2)15(4)19-12-17(11-10-14(19)3)16(5)20-18-8-6-7-9-18;1-2-11-7-9-12(10-8-11)13-5-3-4-6-14(13)15(16)17/h10-12,18,20H,5-9H2,1-4H3;3-10H,2H2,1H3,(H,16,17). The van der Waals surface area contributed by atoms with E-state index < -0.39 is 5.97 Å². The minimum atomic E-state index is -0.889. The zero-order valence-electron chi connectivity index (χ0n) is 23.0. The molecular weight excluding hydrogens is 454 g/mol. The summed E-state index contributed by atoms with van der Waals surface area (Å²) in [5.41, 5.74) is 11.0. The predicted molar refractivity (Wildman–Crippen MR) is 158 cm³/mol. The SMILES string of the molecule is C=C(NC1CCCC1)c1ccc(C)c(C(C)=C(C)C)c1.CCc1ccc(-c2ccccc2C(=O)O)cc1. The molecule has 0 unspecified atom stereocenters. The summed E-state index contributed by atoms with van der Waals surface area (Å²) in [5, 5.41) is 12.7. The summed E-state index contributed by atoms with van der Waals surface area (Å²) in [6.45, 7) is 15.1. The highest BCUT2D eigenvalue weighted by atomic mass is 16.4. The Bertz CT molecular complexity index is 1260. The van der Waals surface area contributed by atoms with Crippen LogP contribution < -0.4 is 5.32 Å². The number of hydrogen-bond acceptors (Lipinski definition) is 2. The molecule has 0 bridgehead atoms. The van der Waals surface area contributed by atoms with Crippen LogP contribution in [0.3, 0.4) is 0 Å². The first-order chi connectivity index (χ1) is 17.7. The highest BCUT2D eigenvalue weighted by Gasteiger charge is 2.16. The molecule has 0 amide bonds. The minimum absolute atomic E-state index is 0.344. The Hall–Kier alpha value is -3.59. The smallest absolute Gasteiger partial charge is 0.336 e. The van der Waals surface area contributed by atoms with Crippen LogP contribution in [0.1, 0.15) is 86.0 Å². The van der Waals surface area contributed by atoms with Crippen LogP contribution in [0.15, 0.2) is 78.9 Å². The van der Waals surface area contributed by atoms with Crippen molar-refractivity contribution in [1.82, 2.24) is 5.32 Å². The molecule has 3 aromatic carbocycles. The summed E-state index contributed by atoms with van der Waals surface area (Å²) in [4.78, 5) is 11.1. The second-order valence-electron chi connectivity index (χ2n) is 10.2. The molecule has 194 valence electrons. The zero-order chi connectivity index (χ0) is 26.9. The zero-order valence-corrected chi connectivity index (χ0v) is 23.0. The van der Waals surface area contributed by atoms with E-state index in [1.54, 1.807) is 12.1 Å². The van der Waals surface area contributed by atoms with Gasteiger partial charge in [0, 0.05) is 11.7 Å². The van der Waals surface area contributed by atoms with Crippen LogP contribution in [0.2, 0.25) is 0 Å². The summed E-state index contributed by atoms with van der Waals surface area (Å²) in [6, 6.07) is 22.4. The molecule has 0 aromatic heterocycles. The van der Waals surface area contributed by atoms with Gasteiger partial charge in [0.2, 0.25) is 0 Å². The number of carboxylic acids is 1. The molecule has 37 heavy (non-hydrogen) atoms. The van der Waals surface area contributed by atoms with E-state index in [9.17, 15) is 4.79 Å². The van der Waals surface area contributed by atoms with Crippen molar-refractivity contribution in [2.45, 2.75) is 72.8 Å². The predicted octanol–water partition coefficient (Wildman–Crippen LogP) is 8.93. The molecule has 2 N–H and O–H groups in total. The average Bonchev–Trinajstić information content (AvgIpc) is 3.42. The lowest BCUT2D eigenvalue weighted by Gasteiger charge is -2.18. The van der Waals surface area contributed by atoms with Crippen molar-refractivity contribution >= 4 is 17.2 Å². The van der Waals surface area contributed by atoms with Gasteiger partial charge < -0.3 is 10.4 Å². The normalized spacial score (nSPS) is 12.9. The van der Waals surface area contributed by atoms with Crippen molar-refractivity contribution in [3.63, 3.8) is 0 Å². The lowest BCUT2D eigenvalue weighted by Crippen LogP contribution is -2.23. The van der Waals surface area contributed by atoms with Crippen LogP contribution >= 0.6 is 0 Å². The Balaban J connectivity index is 0.000000208. The second kappa shape index (κ2) is 13.1. The number of aromatic carboxylic acids is 1. The number of benzene rings is 3. The maximum Gasteiger partial charge on any atom is 0.336 e. The lowest BCUT2D eigenvalue weighted by molar-refractivity contribution is 0.0697. The molecular formula is C34H41NO2. The topological polar surface area (TPSA) is 49.3 Å². The van der Waals surface area contributed by atoms with Crippen molar-refractivity contribution in [2.24, 2.45) is 0 Å². The first-order valence-corrected chi connectivity index (χ1v) is 13.3. The van der Waals surface area contributed by atoms with E-state index >= 15 is 0 Å². The molecule has 3 nitrogen and oxygen atoms in total. The molecule has 3 aromatic rings. The first-order valence-electron chi connectivity index (χ1n) is 13.3. The first kappa shape index (κ1) is 28.0. The monoisotopic (exact) mass is 495 g/mol. The molecule has 0 atom stereocenters. The quantitative estimate of drug-likeness (QED) is 0.344.